The molecule has 2 heterocycles. The zero-order valence-corrected chi connectivity index (χ0v) is 19.2. The lowest BCUT2D eigenvalue weighted by atomic mass is 9.95. The van der Waals surface area contributed by atoms with Gasteiger partial charge in [-0.05, 0) is 67.9 Å². The maximum Gasteiger partial charge on any atom is 0.573 e. The van der Waals surface area contributed by atoms with Gasteiger partial charge in [0.05, 0.1) is 17.7 Å². The number of aromatic nitrogens is 1. The van der Waals surface area contributed by atoms with E-state index in [4.69, 9.17) is 4.74 Å². The molecule has 10 heteroatoms. The number of carbonyl (C=O) groups is 2. The second-order valence-corrected chi connectivity index (χ2v) is 8.19. The van der Waals surface area contributed by atoms with Gasteiger partial charge in [0, 0.05) is 23.6 Å². The van der Waals surface area contributed by atoms with E-state index in [-0.39, 0.29) is 22.9 Å². The third-order valence-corrected chi connectivity index (χ3v) is 5.29. The number of benzene rings is 2. The molecule has 1 aliphatic heterocycles. The maximum atomic E-state index is 13.2. The number of aliphatic hydroxyl groups excluding tert-OH is 1. The highest BCUT2D eigenvalue weighted by atomic mass is 19.4. The first-order valence-electron chi connectivity index (χ1n) is 10.9. The Morgan fingerprint density at radius 3 is 2.28 bits per heavy atom. The molecule has 1 unspecified atom stereocenters. The van der Waals surface area contributed by atoms with Gasteiger partial charge in [-0.1, -0.05) is 12.1 Å². The first kappa shape index (κ1) is 24.8. The number of aliphatic hydroxyl groups is 1. The Hall–Kier alpha value is -4.34. The Bertz CT molecular complexity index is 1310. The van der Waals surface area contributed by atoms with Crippen LogP contribution in [0.5, 0.6) is 11.5 Å². The molecule has 0 spiro atoms. The highest BCUT2D eigenvalue weighted by molar-refractivity contribution is 6.51. The van der Waals surface area contributed by atoms with E-state index in [2.05, 4.69) is 9.72 Å². The molecule has 36 heavy (non-hydrogen) atoms. The predicted molar refractivity (Wildman–Crippen MR) is 124 cm³/mol. The monoisotopic (exact) mass is 498 g/mol. The summed E-state index contributed by atoms with van der Waals surface area (Å²) in [7, 11) is 0. The molecule has 1 atom stereocenters. The highest BCUT2D eigenvalue weighted by Crippen LogP contribution is 2.42. The third-order valence-electron chi connectivity index (χ3n) is 5.29. The van der Waals surface area contributed by atoms with Crippen LogP contribution in [-0.4, -0.2) is 34.2 Å². The van der Waals surface area contributed by atoms with E-state index in [1.54, 1.807) is 36.4 Å². The molecule has 4 rings (SSSR count). The summed E-state index contributed by atoms with van der Waals surface area (Å²) in [4.78, 5) is 31.4. The maximum absolute atomic E-state index is 13.2. The van der Waals surface area contributed by atoms with Gasteiger partial charge in [0.1, 0.15) is 17.3 Å². The Labute approximate surface area is 204 Å². The lowest BCUT2D eigenvalue weighted by molar-refractivity contribution is -0.274. The standard InChI is InChI=1S/C26H21F3N2O5/c1-15(2)35-20-5-3-4-17(14-20)23(32)21-22(16-10-12-30-13-11-16)31(25(34)24(21)33)18-6-8-19(9-7-18)36-26(27,28)29/h3-15,22,32H,1-2H3/b23-21-. The van der Waals surface area contributed by atoms with E-state index in [9.17, 15) is 27.9 Å². The number of Topliss-reactive ketones (excluding diaryl/α,β-unsaturated/α-hetero) is 1. The van der Waals surface area contributed by atoms with Crippen LogP contribution in [0.2, 0.25) is 0 Å². The number of pyridine rings is 1. The van der Waals surface area contributed by atoms with E-state index >= 15 is 0 Å². The van der Waals surface area contributed by atoms with Gasteiger partial charge < -0.3 is 14.6 Å². The predicted octanol–water partition coefficient (Wildman–Crippen LogP) is 5.39. The van der Waals surface area contributed by atoms with Crippen molar-refractivity contribution in [2.75, 3.05) is 4.90 Å². The fourth-order valence-corrected chi connectivity index (χ4v) is 3.91. The van der Waals surface area contributed by atoms with Crippen LogP contribution >= 0.6 is 0 Å². The number of hydrogen-bond donors (Lipinski definition) is 1. The van der Waals surface area contributed by atoms with Crippen molar-refractivity contribution in [1.82, 2.24) is 4.98 Å². The van der Waals surface area contributed by atoms with Gasteiger partial charge in [0.25, 0.3) is 11.7 Å². The topological polar surface area (TPSA) is 89.0 Å². The highest BCUT2D eigenvalue weighted by Gasteiger charge is 2.47. The Balaban J connectivity index is 1.82. The molecule has 3 aromatic rings. The molecular formula is C26H21F3N2O5. The molecule has 0 saturated carbocycles. The Morgan fingerprint density at radius 2 is 1.67 bits per heavy atom. The first-order chi connectivity index (χ1) is 17.0. The number of carbonyl (C=O) groups excluding carboxylic acids is 2. The van der Waals surface area contributed by atoms with Gasteiger partial charge >= 0.3 is 6.36 Å². The van der Waals surface area contributed by atoms with Crippen molar-refractivity contribution in [3.05, 3.63) is 89.8 Å². The minimum Gasteiger partial charge on any atom is -0.507 e. The zero-order valence-electron chi connectivity index (χ0n) is 19.2. The lowest BCUT2D eigenvalue weighted by Gasteiger charge is -2.25. The van der Waals surface area contributed by atoms with Crippen molar-refractivity contribution in [2.45, 2.75) is 32.4 Å². The van der Waals surface area contributed by atoms with Gasteiger partial charge in [-0.15, -0.1) is 13.2 Å². The molecule has 7 nitrogen and oxygen atoms in total. The van der Waals surface area contributed by atoms with Crippen molar-refractivity contribution in [3.8, 4) is 11.5 Å². The van der Waals surface area contributed by atoms with Crippen LogP contribution in [0.25, 0.3) is 5.76 Å². The van der Waals surface area contributed by atoms with E-state index in [0.717, 1.165) is 17.0 Å². The smallest absolute Gasteiger partial charge is 0.507 e. The molecular weight excluding hydrogens is 477 g/mol. The molecule has 0 bridgehead atoms. The fraction of sp³-hybridized carbons (Fsp3) is 0.192. The molecule has 1 aromatic heterocycles. The van der Waals surface area contributed by atoms with Crippen molar-refractivity contribution >= 4 is 23.1 Å². The summed E-state index contributed by atoms with van der Waals surface area (Å²) >= 11 is 0. The number of halogens is 3. The average Bonchev–Trinajstić information content (AvgIpc) is 3.09. The second kappa shape index (κ2) is 9.73. The minimum absolute atomic E-state index is 0.130. The Kier molecular flexibility index (Phi) is 6.69. The number of rotatable bonds is 6. The summed E-state index contributed by atoms with van der Waals surface area (Å²) in [6, 6.07) is 13.1. The van der Waals surface area contributed by atoms with Gasteiger partial charge in [0.15, 0.2) is 0 Å². The number of hydrogen-bond acceptors (Lipinski definition) is 6. The number of amides is 1. The second-order valence-electron chi connectivity index (χ2n) is 8.19. The van der Waals surface area contributed by atoms with Gasteiger partial charge in [-0.3, -0.25) is 19.5 Å². The van der Waals surface area contributed by atoms with Crippen molar-refractivity contribution < 1.29 is 37.3 Å². The summed E-state index contributed by atoms with van der Waals surface area (Å²) in [6.07, 6.45) is -2.08. The normalized spacial score (nSPS) is 17.5. The van der Waals surface area contributed by atoms with Crippen LogP contribution in [0, 0.1) is 0 Å². The number of ketones is 1. The van der Waals surface area contributed by atoms with Crippen molar-refractivity contribution in [2.24, 2.45) is 0 Å². The third kappa shape index (κ3) is 5.17. The molecule has 1 N–H and O–H groups in total. The molecule has 1 amide bonds. The number of alkyl halides is 3. The molecule has 1 saturated heterocycles. The molecule has 1 aliphatic rings. The Morgan fingerprint density at radius 1 is 1.00 bits per heavy atom. The largest absolute Gasteiger partial charge is 0.573 e. The van der Waals surface area contributed by atoms with Gasteiger partial charge in [0.2, 0.25) is 0 Å². The molecule has 0 aliphatic carbocycles. The van der Waals surface area contributed by atoms with E-state index < -0.39 is 35.6 Å². The van der Waals surface area contributed by atoms with E-state index in [1.165, 1.54) is 24.5 Å². The van der Waals surface area contributed by atoms with Gasteiger partial charge in [-0.2, -0.15) is 0 Å². The lowest BCUT2D eigenvalue weighted by Crippen LogP contribution is -2.29. The summed E-state index contributed by atoms with van der Waals surface area (Å²) in [5.41, 5.74) is 0.697. The number of ether oxygens (including phenoxy) is 2. The van der Waals surface area contributed by atoms with E-state index in [0.29, 0.717) is 11.3 Å². The minimum atomic E-state index is -4.88. The SMILES string of the molecule is CC(C)Oc1cccc(/C(O)=C2/C(=O)C(=O)N(c3ccc(OC(F)(F)F)cc3)C2c2ccncc2)c1. The molecule has 2 aromatic carbocycles. The first-order valence-corrected chi connectivity index (χ1v) is 10.9. The molecule has 0 radical (unpaired) electrons. The van der Waals surface area contributed by atoms with Crippen LogP contribution in [-0.2, 0) is 9.59 Å². The van der Waals surface area contributed by atoms with Crippen LogP contribution in [0.4, 0.5) is 18.9 Å². The van der Waals surface area contributed by atoms with Crippen molar-refractivity contribution in [1.29, 1.82) is 0 Å². The van der Waals surface area contributed by atoms with Crippen molar-refractivity contribution in [3.63, 3.8) is 0 Å². The summed E-state index contributed by atoms with van der Waals surface area (Å²) < 4.78 is 47.2. The van der Waals surface area contributed by atoms with Crippen LogP contribution in [0.1, 0.15) is 31.0 Å². The summed E-state index contributed by atoms with van der Waals surface area (Å²) in [5.74, 6) is -2.32. The van der Waals surface area contributed by atoms with Gasteiger partial charge in [-0.25, -0.2) is 0 Å². The quantitative estimate of drug-likeness (QED) is 0.278. The van der Waals surface area contributed by atoms with Crippen LogP contribution in [0.3, 0.4) is 0 Å². The zero-order chi connectivity index (χ0) is 26.0. The summed E-state index contributed by atoms with van der Waals surface area (Å²) in [6.45, 7) is 3.68. The number of nitrogens with zero attached hydrogens (tertiary/aromatic N) is 2. The number of anilines is 1. The molecule has 1 fully saturated rings. The fourth-order valence-electron chi connectivity index (χ4n) is 3.91. The molecule has 186 valence electrons. The summed E-state index contributed by atoms with van der Waals surface area (Å²) in [5, 5.41) is 11.2. The van der Waals surface area contributed by atoms with E-state index in [1.807, 2.05) is 13.8 Å². The van der Waals surface area contributed by atoms with Crippen LogP contribution < -0.4 is 14.4 Å². The van der Waals surface area contributed by atoms with Crippen LogP contribution in [0.15, 0.2) is 78.6 Å². The average molecular weight is 498 g/mol.